The van der Waals surface area contributed by atoms with E-state index in [9.17, 15) is 4.79 Å². The predicted octanol–water partition coefficient (Wildman–Crippen LogP) is 5.65. The fourth-order valence-electron chi connectivity index (χ4n) is 5.55. The van der Waals surface area contributed by atoms with Crippen molar-refractivity contribution in [2.24, 2.45) is 0 Å². The van der Waals surface area contributed by atoms with Gasteiger partial charge in [-0.25, -0.2) is 4.79 Å². The van der Waals surface area contributed by atoms with Crippen LogP contribution in [0, 0.1) is 0 Å². The lowest BCUT2D eigenvalue weighted by Gasteiger charge is -2.33. The van der Waals surface area contributed by atoms with Crippen LogP contribution in [-0.2, 0) is 4.74 Å². The summed E-state index contributed by atoms with van der Waals surface area (Å²) in [6, 6.07) is 21.3. The molecule has 2 aliphatic heterocycles. The van der Waals surface area contributed by atoms with Gasteiger partial charge in [-0.15, -0.1) is 0 Å². The van der Waals surface area contributed by atoms with Gasteiger partial charge in [-0.3, -0.25) is 9.88 Å². The van der Waals surface area contributed by atoms with Crippen LogP contribution in [0.25, 0.3) is 16.7 Å². The van der Waals surface area contributed by atoms with Gasteiger partial charge in [0, 0.05) is 24.4 Å². The maximum Gasteiger partial charge on any atom is 0.410 e. The fraction of sp³-hybridized carbons (Fsp3) is 0.259. The third-order valence-electron chi connectivity index (χ3n) is 6.97. The molecule has 1 aromatic heterocycles. The van der Waals surface area contributed by atoms with Gasteiger partial charge in [0.15, 0.2) is 0 Å². The van der Waals surface area contributed by atoms with E-state index in [-0.39, 0.29) is 24.1 Å². The fourth-order valence-corrected chi connectivity index (χ4v) is 5.55. The minimum absolute atomic E-state index is 0.0975. The Bertz CT molecular complexity index is 1130. The van der Waals surface area contributed by atoms with Crippen molar-refractivity contribution in [3.8, 4) is 11.1 Å². The second-order valence-corrected chi connectivity index (χ2v) is 8.65. The van der Waals surface area contributed by atoms with Crippen LogP contribution in [0.3, 0.4) is 0 Å². The summed E-state index contributed by atoms with van der Waals surface area (Å²) in [5.41, 5.74) is 7.45. The molecule has 1 aliphatic carbocycles. The van der Waals surface area contributed by atoms with Crippen molar-refractivity contribution in [1.82, 2.24) is 9.88 Å². The van der Waals surface area contributed by atoms with Crippen LogP contribution in [-0.4, -0.2) is 34.7 Å². The molecular formula is C27H24N2O2. The summed E-state index contributed by atoms with van der Waals surface area (Å²) >= 11 is 0. The molecule has 6 rings (SSSR count). The first kappa shape index (κ1) is 18.4. The van der Waals surface area contributed by atoms with Crippen molar-refractivity contribution in [2.45, 2.75) is 37.3 Å². The molecule has 2 unspecified atom stereocenters. The molecule has 0 N–H and O–H groups in total. The molecule has 0 radical (unpaired) electrons. The van der Waals surface area contributed by atoms with E-state index in [1.165, 1.54) is 27.8 Å². The van der Waals surface area contributed by atoms with Gasteiger partial charge in [0.25, 0.3) is 0 Å². The molecule has 31 heavy (non-hydrogen) atoms. The molecule has 3 heterocycles. The van der Waals surface area contributed by atoms with Gasteiger partial charge < -0.3 is 4.74 Å². The van der Waals surface area contributed by atoms with Gasteiger partial charge in [-0.05, 0) is 58.7 Å². The normalized spacial score (nSPS) is 21.4. The van der Waals surface area contributed by atoms with E-state index in [0.717, 1.165) is 24.8 Å². The Morgan fingerprint density at radius 2 is 1.71 bits per heavy atom. The Hall–Kier alpha value is -3.40. The number of ether oxygens (including phenoxy) is 1. The largest absolute Gasteiger partial charge is 0.448 e. The maximum absolute atomic E-state index is 13.1. The molecule has 3 aliphatic rings. The highest BCUT2D eigenvalue weighted by atomic mass is 16.6. The average molecular weight is 409 g/mol. The Morgan fingerprint density at radius 1 is 0.968 bits per heavy atom. The van der Waals surface area contributed by atoms with Gasteiger partial charge in [0.05, 0.1) is 6.04 Å². The number of carbonyl (C=O) groups excluding carboxylic acids is 1. The van der Waals surface area contributed by atoms with Crippen molar-refractivity contribution < 1.29 is 9.53 Å². The number of hydrogen-bond donors (Lipinski definition) is 0. The Morgan fingerprint density at radius 3 is 2.39 bits per heavy atom. The van der Waals surface area contributed by atoms with Crippen molar-refractivity contribution in [2.75, 3.05) is 6.61 Å². The first-order chi connectivity index (χ1) is 15.3. The van der Waals surface area contributed by atoms with Gasteiger partial charge in [-0.2, -0.15) is 0 Å². The smallest absolute Gasteiger partial charge is 0.410 e. The van der Waals surface area contributed by atoms with E-state index in [4.69, 9.17) is 4.74 Å². The lowest BCUT2D eigenvalue weighted by molar-refractivity contribution is 0.0866. The summed E-state index contributed by atoms with van der Waals surface area (Å²) < 4.78 is 5.95. The van der Waals surface area contributed by atoms with Crippen LogP contribution in [0.5, 0.6) is 0 Å². The minimum atomic E-state index is -0.184. The van der Waals surface area contributed by atoms with Gasteiger partial charge >= 0.3 is 6.09 Å². The van der Waals surface area contributed by atoms with Crippen LogP contribution < -0.4 is 0 Å². The maximum atomic E-state index is 13.1. The number of rotatable bonds is 3. The first-order valence-electron chi connectivity index (χ1n) is 11.0. The molecule has 3 aromatic rings. The summed E-state index contributed by atoms with van der Waals surface area (Å²) in [5, 5.41) is 0. The van der Waals surface area contributed by atoms with Gasteiger partial charge in [-0.1, -0.05) is 60.7 Å². The van der Waals surface area contributed by atoms with E-state index in [2.05, 4.69) is 65.7 Å². The SMILES string of the molecule is O=C(OCC1c2ccccc2-c2ccccc21)N1C2C=C(c3cccnc3)CC1CC2. The molecule has 154 valence electrons. The highest BCUT2D eigenvalue weighted by molar-refractivity contribution is 5.79. The van der Waals surface area contributed by atoms with E-state index in [0.29, 0.717) is 6.61 Å². The topological polar surface area (TPSA) is 42.4 Å². The molecular weight excluding hydrogens is 384 g/mol. The van der Waals surface area contributed by atoms with Crippen LogP contribution in [0.4, 0.5) is 4.79 Å². The molecule has 1 saturated heterocycles. The Kier molecular flexibility index (Phi) is 4.37. The van der Waals surface area contributed by atoms with Crippen molar-refractivity contribution in [1.29, 1.82) is 0 Å². The van der Waals surface area contributed by atoms with Crippen LogP contribution in [0.15, 0.2) is 79.1 Å². The monoisotopic (exact) mass is 408 g/mol. The third kappa shape index (κ3) is 3.05. The standard InChI is InChI=1S/C27H24N2O2/c30-27(29-20-11-12-21(29)15-19(14-20)18-6-5-13-28-16-18)31-17-26-24-9-3-1-7-22(24)23-8-2-4-10-25(23)26/h1-10,13-14,16,20-21,26H,11-12,15,17H2. The number of hydrogen-bond acceptors (Lipinski definition) is 3. The molecule has 1 fully saturated rings. The molecule has 2 bridgehead atoms. The summed E-state index contributed by atoms with van der Waals surface area (Å²) in [6.45, 7) is 0.377. The molecule has 4 heteroatoms. The van der Waals surface area contributed by atoms with Crippen LogP contribution >= 0.6 is 0 Å². The summed E-state index contributed by atoms with van der Waals surface area (Å²) in [7, 11) is 0. The van der Waals surface area contributed by atoms with Gasteiger partial charge in [0.1, 0.15) is 6.61 Å². The summed E-state index contributed by atoms with van der Waals surface area (Å²) in [5.74, 6) is 0.0975. The number of fused-ring (bicyclic) bond motifs is 5. The van der Waals surface area contributed by atoms with Crippen LogP contribution in [0.1, 0.15) is 41.9 Å². The predicted molar refractivity (Wildman–Crippen MR) is 121 cm³/mol. The van der Waals surface area contributed by atoms with Crippen molar-refractivity contribution in [3.05, 3.63) is 95.8 Å². The molecule has 2 aromatic carbocycles. The molecule has 1 amide bonds. The number of amides is 1. The van der Waals surface area contributed by atoms with E-state index in [1.54, 1.807) is 6.20 Å². The summed E-state index contributed by atoms with van der Waals surface area (Å²) in [4.78, 5) is 19.4. The summed E-state index contributed by atoms with van der Waals surface area (Å²) in [6.07, 6.45) is 8.65. The van der Waals surface area contributed by atoms with Crippen LogP contribution in [0.2, 0.25) is 0 Å². The highest BCUT2D eigenvalue weighted by Crippen LogP contribution is 2.45. The zero-order chi connectivity index (χ0) is 20.8. The molecule has 0 spiro atoms. The minimum Gasteiger partial charge on any atom is -0.448 e. The number of nitrogens with zero attached hydrogens (tertiary/aromatic N) is 2. The zero-order valence-corrected chi connectivity index (χ0v) is 17.3. The lowest BCUT2D eigenvalue weighted by atomic mass is 9.96. The number of carbonyl (C=O) groups is 1. The van der Waals surface area contributed by atoms with Crippen molar-refractivity contribution in [3.63, 3.8) is 0 Å². The molecule has 2 atom stereocenters. The highest BCUT2D eigenvalue weighted by Gasteiger charge is 2.41. The van der Waals surface area contributed by atoms with E-state index >= 15 is 0 Å². The van der Waals surface area contributed by atoms with E-state index in [1.807, 2.05) is 17.2 Å². The third-order valence-corrected chi connectivity index (χ3v) is 6.97. The number of aromatic nitrogens is 1. The second kappa shape index (κ2) is 7.38. The number of benzene rings is 2. The molecule has 0 saturated carbocycles. The average Bonchev–Trinajstić information content (AvgIpc) is 3.29. The molecule has 4 nitrogen and oxygen atoms in total. The number of pyridine rings is 1. The Balaban J connectivity index is 1.21. The quantitative estimate of drug-likeness (QED) is 0.562. The lowest BCUT2D eigenvalue weighted by Crippen LogP contribution is -2.43. The second-order valence-electron chi connectivity index (χ2n) is 8.65. The Labute approximate surface area is 182 Å². The van der Waals surface area contributed by atoms with Gasteiger partial charge in [0.2, 0.25) is 0 Å². The zero-order valence-electron chi connectivity index (χ0n) is 17.3. The first-order valence-corrected chi connectivity index (χ1v) is 11.0. The van der Waals surface area contributed by atoms with E-state index < -0.39 is 0 Å². The van der Waals surface area contributed by atoms with Crippen molar-refractivity contribution >= 4 is 11.7 Å².